The van der Waals surface area contributed by atoms with Crippen LogP contribution in [0.3, 0.4) is 0 Å². The van der Waals surface area contributed by atoms with Crippen LogP contribution in [0, 0.1) is 12.7 Å². The van der Waals surface area contributed by atoms with Crippen LogP contribution in [0.4, 0.5) is 4.39 Å². The van der Waals surface area contributed by atoms with Gasteiger partial charge in [-0.1, -0.05) is 12.1 Å². The number of carbonyl (C=O) groups is 1. The molecule has 3 nitrogen and oxygen atoms in total. The topological polar surface area (TPSA) is 63.3 Å². The number of carboxylic acid groups (broad SMARTS) is 1. The van der Waals surface area contributed by atoms with Gasteiger partial charge in [0, 0.05) is 0 Å². The van der Waals surface area contributed by atoms with Crippen LogP contribution >= 0.6 is 11.8 Å². The molecule has 1 rings (SSSR count). The molecular weight excluding hydrogens is 253 g/mol. The number of thioether (sulfide) groups is 1. The molecule has 0 aliphatic carbocycles. The molecule has 1 atom stereocenters. The van der Waals surface area contributed by atoms with Crippen molar-refractivity contribution in [2.75, 3.05) is 11.5 Å². The second-order valence-electron chi connectivity index (χ2n) is 4.12. The van der Waals surface area contributed by atoms with Crippen molar-refractivity contribution in [1.29, 1.82) is 0 Å². The van der Waals surface area contributed by atoms with E-state index in [1.54, 1.807) is 24.8 Å². The van der Waals surface area contributed by atoms with Crippen LogP contribution in [0.25, 0.3) is 0 Å². The Morgan fingerprint density at radius 2 is 2.22 bits per heavy atom. The highest BCUT2D eigenvalue weighted by atomic mass is 32.2. The molecular formula is C13H18FNO2S. The number of aliphatic carboxylic acids is 1. The zero-order chi connectivity index (χ0) is 13.5. The fraction of sp³-hybridized carbons (Fsp3) is 0.462. The van der Waals surface area contributed by atoms with Crippen LogP contribution in [0.2, 0.25) is 0 Å². The van der Waals surface area contributed by atoms with Gasteiger partial charge in [-0.25, -0.2) is 4.39 Å². The molecule has 3 N–H and O–H groups in total. The first-order valence-corrected chi connectivity index (χ1v) is 6.98. The zero-order valence-electron chi connectivity index (χ0n) is 10.4. The van der Waals surface area contributed by atoms with E-state index in [1.165, 1.54) is 6.07 Å². The summed E-state index contributed by atoms with van der Waals surface area (Å²) < 4.78 is 13.3. The summed E-state index contributed by atoms with van der Waals surface area (Å²) in [5.74, 6) is 0.417. The third-order valence-electron chi connectivity index (χ3n) is 2.79. The van der Waals surface area contributed by atoms with Crippen molar-refractivity contribution in [3.05, 3.63) is 35.1 Å². The summed E-state index contributed by atoms with van der Waals surface area (Å²) in [5, 5.41) is 8.61. The molecule has 0 spiro atoms. The standard InChI is InChI=1S/C13H18FNO2S/c1-9-10(3-2-4-11(9)14)5-7-18-8-6-12(15)13(16)17/h2-4,12H,5-8,15H2,1H3,(H,16,17). The highest BCUT2D eigenvalue weighted by Gasteiger charge is 2.10. The first-order chi connectivity index (χ1) is 8.52. The van der Waals surface area contributed by atoms with E-state index in [2.05, 4.69) is 0 Å². The molecule has 0 amide bonds. The maximum Gasteiger partial charge on any atom is 0.320 e. The van der Waals surface area contributed by atoms with Gasteiger partial charge in [0.05, 0.1) is 0 Å². The third-order valence-corrected chi connectivity index (χ3v) is 3.80. The Kier molecular flexibility index (Phi) is 6.15. The quantitative estimate of drug-likeness (QED) is 0.746. The summed E-state index contributed by atoms with van der Waals surface area (Å²) in [5.41, 5.74) is 7.09. The van der Waals surface area contributed by atoms with Crippen LogP contribution < -0.4 is 5.73 Å². The summed E-state index contributed by atoms with van der Waals surface area (Å²) in [4.78, 5) is 10.5. The number of carboxylic acids is 1. The van der Waals surface area contributed by atoms with Gasteiger partial charge in [0.2, 0.25) is 0 Å². The Bertz CT molecular complexity index is 412. The van der Waals surface area contributed by atoms with Crippen LogP contribution in [0.15, 0.2) is 18.2 Å². The smallest absolute Gasteiger partial charge is 0.320 e. The molecule has 0 saturated heterocycles. The number of hydrogen-bond acceptors (Lipinski definition) is 3. The van der Waals surface area contributed by atoms with Gasteiger partial charge in [-0.3, -0.25) is 4.79 Å². The Morgan fingerprint density at radius 1 is 1.50 bits per heavy atom. The molecule has 0 saturated carbocycles. The maximum atomic E-state index is 13.3. The molecule has 1 aromatic rings. The van der Waals surface area contributed by atoms with E-state index >= 15 is 0 Å². The molecule has 1 unspecified atom stereocenters. The number of benzene rings is 1. The first kappa shape index (κ1) is 15.0. The lowest BCUT2D eigenvalue weighted by Crippen LogP contribution is -2.30. The van der Waals surface area contributed by atoms with Crippen LogP contribution in [0.5, 0.6) is 0 Å². The molecule has 0 aliphatic rings. The van der Waals surface area contributed by atoms with Gasteiger partial charge in [-0.05, 0) is 48.5 Å². The molecule has 0 aliphatic heterocycles. The first-order valence-electron chi connectivity index (χ1n) is 5.82. The van der Waals surface area contributed by atoms with Crippen LogP contribution in [0.1, 0.15) is 17.5 Å². The Hall–Kier alpha value is -1.07. The van der Waals surface area contributed by atoms with Crippen LogP contribution in [-0.2, 0) is 11.2 Å². The van der Waals surface area contributed by atoms with Gasteiger partial charge < -0.3 is 10.8 Å². The van der Waals surface area contributed by atoms with Crippen LogP contribution in [-0.4, -0.2) is 28.6 Å². The second kappa shape index (κ2) is 7.38. The van der Waals surface area contributed by atoms with Crippen molar-refractivity contribution in [3.63, 3.8) is 0 Å². The monoisotopic (exact) mass is 271 g/mol. The third kappa shape index (κ3) is 4.66. The summed E-state index contributed by atoms with van der Waals surface area (Å²) in [6.45, 7) is 1.77. The summed E-state index contributed by atoms with van der Waals surface area (Å²) in [7, 11) is 0. The largest absolute Gasteiger partial charge is 0.480 e. The van der Waals surface area contributed by atoms with E-state index in [4.69, 9.17) is 10.8 Å². The van der Waals surface area contributed by atoms with E-state index in [1.807, 2.05) is 6.07 Å². The number of nitrogens with two attached hydrogens (primary N) is 1. The number of hydrogen-bond donors (Lipinski definition) is 2. The Balaban J connectivity index is 2.26. The van der Waals surface area contributed by atoms with Crippen molar-refractivity contribution in [3.8, 4) is 0 Å². The van der Waals surface area contributed by atoms with Crippen molar-refractivity contribution in [2.45, 2.75) is 25.8 Å². The molecule has 0 heterocycles. The molecule has 0 aromatic heterocycles. The van der Waals surface area contributed by atoms with Gasteiger partial charge in [0.25, 0.3) is 0 Å². The van der Waals surface area contributed by atoms with Crippen molar-refractivity contribution in [1.82, 2.24) is 0 Å². The SMILES string of the molecule is Cc1c(F)cccc1CCSCCC(N)C(=O)O. The normalized spacial score (nSPS) is 12.4. The van der Waals surface area contributed by atoms with Gasteiger partial charge in [0.1, 0.15) is 11.9 Å². The lowest BCUT2D eigenvalue weighted by Gasteiger charge is -2.08. The Labute approximate surface area is 111 Å². The van der Waals surface area contributed by atoms with Crippen molar-refractivity contribution >= 4 is 17.7 Å². The summed E-state index contributed by atoms with van der Waals surface area (Å²) in [6, 6.07) is 4.30. The summed E-state index contributed by atoms with van der Waals surface area (Å²) >= 11 is 1.64. The van der Waals surface area contributed by atoms with E-state index in [0.29, 0.717) is 17.7 Å². The van der Waals surface area contributed by atoms with E-state index in [0.717, 1.165) is 17.7 Å². The number of aryl methyl sites for hydroxylation is 1. The maximum absolute atomic E-state index is 13.3. The average molecular weight is 271 g/mol. The predicted octanol–water partition coefficient (Wildman–Crippen LogP) is 2.21. The minimum Gasteiger partial charge on any atom is -0.480 e. The number of halogens is 1. The molecule has 1 aromatic carbocycles. The minimum absolute atomic E-state index is 0.176. The van der Waals surface area contributed by atoms with Gasteiger partial charge in [0.15, 0.2) is 0 Å². The van der Waals surface area contributed by atoms with Gasteiger partial charge in [-0.15, -0.1) is 0 Å². The van der Waals surface area contributed by atoms with Crippen molar-refractivity contribution < 1.29 is 14.3 Å². The highest BCUT2D eigenvalue weighted by Crippen LogP contribution is 2.15. The highest BCUT2D eigenvalue weighted by molar-refractivity contribution is 7.99. The minimum atomic E-state index is -0.962. The zero-order valence-corrected chi connectivity index (χ0v) is 11.2. The molecule has 18 heavy (non-hydrogen) atoms. The average Bonchev–Trinajstić information content (AvgIpc) is 2.33. The summed E-state index contributed by atoms with van der Waals surface area (Å²) in [6.07, 6.45) is 1.25. The second-order valence-corrected chi connectivity index (χ2v) is 5.34. The molecule has 0 radical (unpaired) electrons. The lowest BCUT2D eigenvalue weighted by atomic mass is 10.1. The fourth-order valence-corrected chi connectivity index (χ4v) is 2.53. The Morgan fingerprint density at radius 3 is 2.89 bits per heavy atom. The molecule has 100 valence electrons. The van der Waals surface area contributed by atoms with E-state index in [-0.39, 0.29) is 5.82 Å². The fourth-order valence-electron chi connectivity index (χ4n) is 1.54. The van der Waals surface area contributed by atoms with Gasteiger partial charge >= 0.3 is 5.97 Å². The molecule has 5 heteroatoms. The number of rotatable bonds is 7. The van der Waals surface area contributed by atoms with E-state index < -0.39 is 12.0 Å². The van der Waals surface area contributed by atoms with Crippen molar-refractivity contribution in [2.24, 2.45) is 5.73 Å². The van der Waals surface area contributed by atoms with E-state index in [9.17, 15) is 9.18 Å². The van der Waals surface area contributed by atoms with Gasteiger partial charge in [-0.2, -0.15) is 11.8 Å². The molecule has 0 fully saturated rings. The molecule has 0 bridgehead atoms. The predicted molar refractivity (Wildman–Crippen MR) is 72.4 cm³/mol. The lowest BCUT2D eigenvalue weighted by molar-refractivity contribution is -0.138.